The Kier molecular flexibility index (Phi) is 7.98. The van der Waals surface area contributed by atoms with Crippen LogP contribution in [-0.2, 0) is 13.6 Å². The highest BCUT2D eigenvalue weighted by Gasteiger charge is 2.54. The monoisotopic (exact) mass is 495 g/mol. The van der Waals surface area contributed by atoms with Crippen molar-refractivity contribution in [1.82, 2.24) is 9.55 Å². The van der Waals surface area contributed by atoms with Crippen molar-refractivity contribution < 1.29 is 13.6 Å². The average Bonchev–Trinajstić information content (AvgIpc) is 2.96. The highest BCUT2D eigenvalue weighted by Crippen LogP contribution is 2.47. The molecule has 2 N–H and O–H groups in total. The minimum Gasteiger partial charge on any atom is -0.414 e. The molecule has 0 unspecified atom stereocenters. The second-order valence-corrected chi connectivity index (χ2v) is 21.9. The third kappa shape index (κ3) is 6.06. The molecule has 3 atom stereocenters. The molecule has 0 bridgehead atoms. The van der Waals surface area contributed by atoms with Gasteiger partial charge in [0.25, 0.3) is 0 Å². The molecule has 0 amide bonds. The van der Waals surface area contributed by atoms with Crippen LogP contribution < -0.4 is 11.4 Å². The number of rotatable bonds is 8. The predicted octanol–water partition coefficient (Wildman–Crippen LogP) is 5.47. The van der Waals surface area contributed by atoms with E-state index in [1.165, 1.54) is 4.57 Å². The first-order valence-corrected chi connectivity index (χ1v) is 17.6. The fourth-order valence-corrected chi connectivity index (χ4v) is 5.84. The maximum absolute atomic E-state index is 12.6. The molecule has 1 aromatic heterocycles. The smallest absolute Gasteiger partial charge is 0.351 e. The minimum atomic E-state index is -2.13. The van der Waals surface area contributed by atoms with Crippen molar-refractivity contribution in [3.8, 4) is 0 Å². The summed E-state index contributed by atoms with van der Waals surface area (Å²) in [5.41, 5.74) is 4.55. The SMILES string of the molecule is C=CC[C@]1(CO[Si](C)(C)C(C)(C)C)O[C@@H](n2ccc(N)nc2=O)C[C@@H]1O[Si](C)(C)C(C)(C)C. The normalized spacial score (nSPS) is 24.8. The molecule has 0 aliphatic carbocycles. The van der Waals surface area contributed by atoms with Crippen molar-refractivity contribution in [3.05, 3.63) is 35.4 Å². The minimum absolute atomic E-state index is 0.0326. The molecule has 1 aromatic rings. The van der Waals surface area contributed by atoms with Gasteiger partial charge in [-0.05, 0) is 48.8 Å². The van der Waals surface area contributed by atoms with Crippen molar-refractivity contribution in [2.24, 2.45) is 0 Å². The maximum Gasteiger partial charge on any atom is 0.351 e. The molecule has 1 fully saturated rings. The van der Waals surface area contributed by atoms with Crippen molar-refractivity contribution in [2.45, 2.75) is 109 Å². The second kappa shape index (κ2) is 9.41. The van der Waals surface area contributed by atoms with E-state index in [-0.39, 0.29) is 22.0 Å². The maximum atomic E-state index is 12.6. The highest BCUT2D eigenvalue weighted by atomic mass is 28.4. The number of nitrogen functional groups attached to an aromatic ring is 1. The Morgan fingerprint density at radius 1 is 1.21 bits per heavy atom. The van der Waals surface area contributed by atoms with Gasteiger partial charge in [-0.1, -0.05) is 47.6 Å². The molecule has 1 aliphatic rings. The Morgan fingerprint density at radius 3 is 2.27 bits per heavy atom. The predicted molar refractivity (Wildman–Crippen MR) is 140 cm³/mol. The zero-order valence-corrected chi connectivity index (χ0v) is 24.3. The third-order valence-electron chi connectivity index (χ3n) is 7.75. The van der Waals surface area contributed by atoms with E-state index in [1.54, 1.807) is 12.3 Å². The Balaban J connectivity index is 2.49. The Morgan fingerprint density at radius 2 is 1.79 bits per heavy atom. The zero-order valence-electron chi connectivity index (χ0n) is 22.3. The van der Waals surface area contributed by atoms with Crippen molar-refractivity contribution in [3.63, 3.8) is 0 Å². The third-order valence-corrected chi connectivity index (χ3v) is 16.7. The van der Waals surface area contributed by atoms with Crippen LogP contribution in [0.25, 0.3) is 0 Å². The van der Waals surface area contributed by atoms with Crippen LogP contribution in [0, 0.1) is 0 Å². The average molecular weight is 496 g/mol. The summed E-state index contributed by atoms with van der Waals surface area (Å²) < 4.78 is 21.8. The van der Waals surface area contributed by atoms with Gasteiger partial charge in [0.2, 0.25) is 0 Å². The molecule has 1 aliphatic heterocycles. The summed E-state index contributed by atoms with van der Waals surface area (Å²) >= 11 is 0. The molecule has 0 radical (unpaired) electrons. The lowest BCUT2D eigenvalue weighted by Crippen LogP contribution is -2.54. The standard InChI is InChI=1S/C24H45N3O4Si2/c1-12-14-24(17-29-32(8,9)22(2,3)4)18(31-33(10,11)23(5,6)7)16-20(30-24)27-15-13-19(25)26-21(27)28/h12-13,15,18,20H,1,14,16-17H2,2-11H3,(H2,25,26,28)/t18-,20+,24+/m0/s1. The Labute approximate surface area is 202 Å². The van der Waals surface area contributed by atoms with E-state index >= 15 is 0 Å². The van der Waals surface area contributed by atoms with Gasteiger partial charge in [0.1, 0.15) is 17.6 Å². The first-order chi connectivity index (χ1) is 14.9. The number of anilines is 1. The summed E-state index contributed by atoms with van der Waals surface area (Å²) in [6, 6.07) is 1.62. The molecule has 0 saturated carbocycles. The van der Waals surface area contributed by atoms with Gasteiger partial charge in [-0.15, -0.1) is 6.58 Å². The van der Waals surface area contributed by atoms with Crippen LogP contribution in [0.15, 0.2) is 29.7 Å². The second-order valence-electron chi connectivity index (χ2n) is 12.3. The van der Waals surface area contributed by atoms with Gasteiger partial charge < -0.3 is 19.3 Å². The number of aromatic nitrogens is 2. The molecular weight excluding hydrogens is 450 g/mol. The molecule has 33 heavy (non-hydrogen) atoms. The number of ether oxygens (including phenoxy) is 1. The quantitative estimate of drug-likeness (QED) is 0.380. The van der Waals surface area contributed by atoms with E-state index in [4.69, 9.17) is 19.3 Å². The lowest BCUT2D eigenvalue weighted by molar-refractivity contribution is -0.121. The zero-order chi connectivity index (χ0) is 25.5. The van der Waals surface area contributed by atoms with E-state index < -0.39 is 34.2 Å². The lowest BCUT2D eigenvalue weighted by atomic mass is 9.94. The molecule has 188 valence electrons. The van der Waals surface area contributed by atoms with Crippen molar-refractivity contribution in [1.29, 1.82) is 0 Å². The van der Waals surface area contributed by atoms with Gasteiger partial charge in [0.05, 0.1) is 12.7 Å². The van der Waals surface area contributed by atoms with Crippen LogP contribution in [0.3, 0.4) is 0 Å². The largest absolute Gasteiger partial charge is 0.414 e. The molecule has 2 rings (SSSR count). The molecule has 9 heteroatoms. The Hall–Kier alpha value is -1.27. The molecule has 0 spiro atoms. The van der Waals surface area contributed by atoms with Crippen LogP contribution in [0.4, 0.5) is 5.82 Å². The van der Waals surface area contributed by atoms with E-state index in [1.807, 2.05) is 6.08 Å². The molecule has 2 heterocycles. The first kappa shape index (κ1) is 28.0. The van der Waals surface area contributed by atoms with Gasteiger partial charge >= 0.3 is 5.69 Å². The van der Waals surface area contributed by atoms with Crippen molar-refractivity contribution >= 4 is 22.5 Å². The molecule has 1 saturated heterocycles. The van der Waals surface area contributed by atoms with Crippen LogP contribution in [0.1, 0.15) is 60.6 Å². The fourth-order valence-electron chi connectivity index (χ4n) is 3.43. The van der Waals surface area contributed by atoms with Crippen LogP contribution >= 0.6 is 0 Å². The van der Waals surface area contributed by atoms with Crippen molar-refractivity contribution in [2.75, 3.05) is 12.3 Å². The van der Waals surface area contributed by atoms with Gasteiger partial charge in [0.15, 0.2) is 16.6 Å². The van der Waals surface area contributed by atoms with Crippen LogP contribution in [0.2, 0.25) is 36.3 Å². The van der Waals surface area contributed by atoms with E-state index in [9.17, 15) is 4.79 Å². The molecular formula is C24H45N3O4Si2. The van der Waals surface area contributed by atoms with E-state index in [0.29, 0.717) is 19.4 Å². The summed E-state index contributed by atoms with van der Waals surface area (Å²) in [5.74, 6) is 0.196. The summed E-state index contributed by atoms with van der Waals surface area (Å²) in [7, 11) is -4.18. The Bertz CT molecular complexity index is 902. The van der Waals surface area contributed by atoms with E-state index in [0.717, 1.165) is 0 Å². The fraction of sp³-hybridized carbons (Fsp3) is 0.750. The van der Waals surface area contributed by atoms with Crippen LogP contribution in [-0.4, -0.2) is 44.5 Å². The van der Waals surface area contributed by atoms with Gasteiger partial charge in [-0.3, -0.25) is 4.57 Å². The number of nitrogens with zero attached hydrogens (tertiary/aromatic N) is 2. The van der Waals surface area contributed by atoms with Gasteiger partial charge in [-0.2, -0.15) is 4.98 Å². The summed E-state index contributed by atoms with van der Waals surface area (Å²) in [6.45, 7) is 26.7. The van der Waals surface area contributed by atoms with Crippen LogP contribution in [0.5, 0.6) is 0 Å². The summed E-state index contributed by atoms with van der Waals surface area (Å²) in [4.78, 5) is 16.5. The number of nitrogens with two attached hydrogens (primary N) is 1. The topological polar surface area (TPSA) is 88.6 Å². The number of hydrogen-bond acceptors (Lipinski definition) is 6. The molecule has 7 nitrogen and oxygen atoms in total. The lowest BCUT2D eigenvalue weighted by Gasteiger charge is -2.45. The first-order valence-electron chi connectivity index (χ1n) is 11.8. The van der Waals surface area contributed by atoms with Gasteiger partial charge in [-0.25, -0.2) is 4.79 Å². The highest BCUT2D eigenvalue weighted by molar-refractivity contribution is 6.74. The summed E-state index contributed by atoms with van der Waals surface area (Å²) in [5, 5.41) is 0.0961. The number of hydrogen-bond donors (Lipinski definition) is 1. The van der Waals surface area contributed by atoms with E-state index in [2.05, 4.69) is 79.3 Å². The molecule has 0 aromatic carbocycles. The summed E-state index contributed by atoms with van der Waals surface area (Å²) in [6.07, 6.45) is 3.86. The van der Waals surface area contributed by atoms with Gasteiger partial charge in [0, 0.05) is 12.6 Å².